The standard InChI is InChI=1S/C18H22F2N4O6S2/c1-11-17(13(3)30-21-11)31(26,27)22-12(2)18(25)23-6-8-24(9-7-23)32(28,29)14-4-5-15(19)16(20)10-14/h4-5,10,12,22H,6-9H2,1-3H3/t12-/m0/s1. The first kappa shape index (κ1) is 24.2. The van der Waals surface area contributed by atoms with Gasteiger partial charge in [-0.3, -0.25) is 4.79 Å². The van der Waals surface area contributed by atoms with E-state index < -0.39 is 48.5 Å². The summed E-state index contributed by atoms with van der Waals surface area (Å²) in [5.41, 5.74) is 0.158. The number of piperazine rings is 1. The lowest BCUT2D eigenvalue weighted by Gasteiger charge is -2.35. The summed E-state index contributed by atoms with van der Waals surface area (Å²) < 4.78 is 85.3. The third-order valence-corrected chi connectivity index (χ3v) is 8.70. The number of nitrogens with one attached hydrogen (secondary N) is 1. The van der Waals surface area contributed by atoms with Crippen LogP contribution in [-0.2, 0) is 24.8 Å². The molecule has 0 saturated carbocycles. The minimum Gasteiger partial charge on any atom is -0.360 e. The van der Waals surface area contributed by atoms with Gasteiger partial charge in [0.25, 0.3) is 0 Å². The number of benzene rings is 1. The van der Waals surface area contributed by atoms with Crippen molar-refractivity contribution in [3.8, 4) is 0 Å². The minimum absolute atomic E-state index is 0.000864. The van der Waals surface area contributed by atoms with Crippen molar-refractivity contribution < 1.29 is 34.9 Å². The van der Waals surface area contributed by atoms with Gasteiger partial charge in [-0.25, -0.2) is 25.6 Å². The van der Waals surface area contributed by atoms with Gasteiger partial charge in [0.1, 0.15) is 10.6 Å². The molecule has 1 aromatic carbocycles. The van der Waals surface area contributed by atoms with Crippen LogP contribution in [0.4, 0.5) is 8.78 Å². The smallest absolute Gasteiger partial charge is 0.246 e. The molecule has 176 valence electrons. The zero-order chi connectivity index (χ0) is 23.8. The van der Waals surface area contributed by atoms with E-state index in [0.717, 1.165) is 16.4 Å². The van der Waals surface area contributed by atoms with E-state index in [1.165, 1.54) is 25.7 Å². The van der Waals surface area contributed by atoms with E-state index in [1.54, 1.807) is 0 Å². The van der Waals surface area contributed by atoms with Gasteiger partial charge in [0.05, 0.1) is 10.9 Å². The van der Waals surface area contributed by atoms with Crippen LogP contribution in [0.1, 0.15) is 18.4 Å². The Bertz CT molecular complexity index is 1220. The number of rotatable bonds is 6. The lowest BCUT2D eigenvalue weighted by molar-refractivity contribution is -0.133. The molecule has 1 fully saturated rings. The molecular formula is C18H22F2N4O6S2. The van der Waals surface area contributed by atoms with Crippen molar-refractivity contribution in [3.05, 3.63) is 41.3 Å². The molecule has 0 radical (unpaired) electrons. The number of amides is 1. The Morgan fingerprint density at radius 3 is 2.25 bits per heavy atom. The predicted octanol–water partition coefficient (Wildman–Crippen LogP) is 0.770. The molecule has 2 heterocycles. The zero-order valence-electron chi connectivity index (χ0n) is 17.5. The van der Waals surface area contributed by atoms with Gasteiger partial charge in [0.15, 0.2) is 17.4 Å². The van der Waals surface area contributed by atoms with Crippen molar-refractivity contribution in [1.29, 1.82) is 0 Å². The maximum atomic E-state index is 13.4. The Labute approximate surface area is 184 Å². The molecule has 0 spiro atoms. The summed E-state index contributed by atoms with van der Waals surface area (Å²) in [5.74, 6) is -2.89. The van der Waals surface area contributed by atoms with Gasteiger partial charge < -0.3 is 9.42 Å². The van der Waals surface area contributed by atoms with Crippen LogP contribution >= 0.6 is 0 Å². The molecule has 0 unspecified atom stereocenters. The van der Waals surface area contributed by atoms with Crippen molar-refractivity contribution in [2.45, 2.75) is 36.6 Å². The largest absolute Gasteiger partial charge is 0.360 e. The number of aryl methyl sites for hydroxylation is 2. The summed E-state index contributed by atoms with van der Waals surface area (Å²) >= 11 is 0. The third kappa shape index (κ3) is 4.67. The van der Waals surface area contributed by atoms with E-state index in [1.807, 2.05) is 0 Å². The number of hydrogen-bond acceptors (Lipinski definition) is 7. The fourth-order valence-corrected chi connectivity index (χ4v) is 6.37. The van der Waals surface area contributed by atoms with Gasteiger partial charge in [-0.2, -0.15) is 9.03 Å². The molecule has 0 bridgehead atoms. The molecule has 1 saturated heterocycles. The van der Waals surface area contributed by atoms with E-state index >= 15 is 0 Å². The topological polar surface area (TPSA) is 130 Å². The second-order valence-electron chi connectivity index (χ2n) is 7.30. The van der Waals surface area contributed by atoms with Crippen LogP contribution in [0, 0.1) is 25.5 Å². The number of sulfonamides is 2. The fourth-order valence-electron chi connectivity index (χ4n) is 3.41. The van der Waals surface area contributed by atoms with Crippen LogP contribution in [0.5, 0.6) is 0 Å². The van der Waals surface area contributed by atoms with E-state index in [9.17, 15) is 30.4 Å². The van der Waals surface area contributed by atoms with E-state index in [2.05, 4.69) is 9.88 Å². The molecule has 0 aliphatic carbocycles. The highest BCUT2D eigenvalue weighted by Crippen LogP contribution is 2.21. The van der Waals surface area contributed by atoms with Gasteiger partial charge in [-0.1, -0.05) is 5.16 Å². The second kappa shape index (κ2) is 8.84. The highest BCUT2D eigenvalue weighted by Gasteiger charge is 2.34. The Hall–Kier alpha value is -2.42. The summed E-state index contributed by atoms with van der Waals surface area (Å²) in [7, 11) is -8.14. The summed E-state index contributed by atoms with van der Waals surface area (Å²) in [6.45, 7) is 4.10. The molecule has 3 rings (SSSR count). The Balaban J connectivity index is 1.65. The van der Waals surface area contributed by atoms with Crippen LogP contribution in [0.25, 0.3) is 0 Å². The predicted molar refractivity (Wildman–Crippen MR) is 107 cm³/mol. The van der Waals surface area contributed by atoms with Gasteiger partial charge in [-0.05, 0) is 39.0 Å². The third-order valence-electron chi connectivity index (χ3n) is 5.02. The Kier molecular flexibility index (Phi) is 6.70. The summed E-state index contributed by atoms with van der Waals surface area (Å²) in [6, 6.07) is 1.18. The number of halogens is 2. The molecule has 1 amide bonds. The normalized spacial score (nSPS) is 16.8. The van der Waals surface area contributed by atoms with Crippen LogP contribution in [0.15, 0.2) is 32.5 Å². The van der Waals surface area contributed by atoms with Crippen molar-refractivity contribution >= 4 is 26.0 Å². The first-order chi connectivity index (χ1) is 14.8. The monoisotopic (exact) mass is 492 g/mol. The Morgan fingerprint density at radius 2 is 1.72 bits per heavy atom. The average Bonchev–Trinajstić information content (AvgIpc) is 3.08. The lowest BCUT2D eigenvalue weighted by Crippen LogP contribution is -2.55. The van der Waals surface area contributed by atoms with Crippen molar-refractivity contribution in [2.75, 3.05) is 26.2 Å². The van der Waals surface area contributed by atoms with E-state index in [-0.39, 0.29) is 42.5 Å². The molecule has 1 aromatic heterocycles. The van der Waals surface area contributed by atoms with Crippen LogP contribution < -0.4 is 4.72 Å². The van der Waals surface area contributed by atoms with E-state index in [4.69, 9.17) is 4.52 Å². The number of carbonyl (C=O) groups is 1. The maximum Gasteiger partial charge on any atom is 0.246 e. The first-order valence-electron chi connectivity index (χ1n) is 9.54. The summed E-state index contributed by atoms with van der Waals surface area (Å²) in [5, 5.41) is 3.59. The lowest BCUT2D eigenvalue weighted by atomic mass is 10.2. The highest BCUT2D eigenvalue weighted by atomic mass is 32.2. The second-order valence-corrected chi connectivity index (χ2v) is 10.9. The number of hydrogen-bond donors (Lipinski definition) is 1. The highest BCUT2D eigenvalue weighted by molar-refractivity contribution is 7.89. The molecule has 1 atom stereocenters. The first-order valence-corrected chi connectivity index (χ1v) is 12.5. The maximum absolute atomic E-state index is 13.4. The molecular weight excluding hydrogens is 470 g/mol. The molecule has 32 heavy (non-hydrogen) atoms. The average molecular weight is 493 g/mol. The Morgan fingerprint density at radius 1 is 1.09 bits per heavy atom. The number of nitrogens with zero attached hydrogens (tertiary/aromatic N) is 3. The van der Waals surface area contributed by atoms with Gasteiger partial charge in [0.2, 0.25) is 26.0 Å². The molecule has 2 aromatic rings. The SMILES string of the molecule is Cc1noc(C)c1S(=O)(=O)N[C@@H](C)C(=O)N1CCN(S(=O)(=O)c2ccc(F)c(F)c2)CC1. The van der Waals surface area contributed by atoms with Gasteiger partial charge in [-0.15, -0.1) is 0 Å². The molecule has 1 N–H and O–H groups in total. The van der Waals surface area contributed by atoms with Crippen LogP contribution in [0.3, 0.4) is 0 Å². The fraction of sp³-hybridized carbons (Fsp3) is 0.444. The van der Waals surface area contributed by atoms with Crippen LogP contribution in [0.2, 0.25) is 0 Å². The molecule has 1 aliphatic heterocycles. The van der Waals surface area contributed by atoms with Gasteiger partial charge in [0, 0.05) is 26.2 Å². The number of aromatic nitrogens is 1. The summed E-state index contributed by atoms with van der Waals surface area (Å²) in [6.07, 6.45) is 0. The molecule has 1 aliphatic rings. The van der Waals surface area contributed by atoms with E-state index in [0.29, 0.717) is 6.07 Å². The number of carbonyl (C=O) groups excluding carboxylic acids is 1. The minimum atomic E-state index is -4.08. The van der Waals surface area contributed by atoms with Crippen LogP contribution in [-0.4, -0.2) is 69.3 Å². The van der Waals surface area contributed by atoms with Gasteiger partial charge >= 0.3 is 0 Å². The molecule has 10 nitrogen and oxygen atoms in total. The van der Waals surface area contributed by atoms with Crippen molar-refractivity contribution in [1.82, 2.24) is 19.1 Å². The van der Waals surface area contributed by atoms with Crippen molar-refractivity contribution in [2.24, 2.45) is 0 Å². The summed E-state index contributed by atoms with van der Waals surface area (Å²) in [4.78, 5) is 13.5. The van der Waals surface area contributed by atoms with Crippen molar-refractivity contribution in [3.63, 3.8) is 0 Å². The quantitative estimate of drug-likeness (QED) is 0.630. The molecule has 14 heteroatoms. The zero-order valence-corrected chi connectivity index (χ0v) is 19.1.